The van der Waals surface area contributed by atoms with Gasteiger partial charge in [0.05, 0.1) is 25.5 Å². The molecule has 1 aromatic carbocycles. The maximum absolute atomic E-state index is 5.88. The molecular weight excluding hydrogens is 316 g/mol. The van der Waals surface area contributed by atoms with Gasteiger partial charge >= 0.3 is 0 Å². The van der Waals surface area contributed by atoms with E-state index in [-0.39, 0.29) is 5.79 Å². The van der Waals surface area contributed by atoms with Crippen LogP contribution in [0, 0.1) is 0 Å². The predicted molar refractivity (Wildman–Crippen MR) is 94.2 cm³/mol. The number of likely N-dealkylation sites (tertiary alicyclic amines) is 1. The Morgan fingerprint density at radius 3 is 2.88 bits per heavy atom. The predicted octanol–water partition coefficient (Wildman–Crippen LogP) is 3.00. The van der Waals surface area contributed by atoms with E-state index in [0.717, 1.165) is 43.9 Å². The summed E-state index contributed by atoms with van der Waals surface area (Å²) in [6, 6.07) is 14.2. The largest absolute Gasteiger partial charge is 0.487 e. The third-order valence-electron chi connectivity index (χ3n) is 4.73. The average Bonchev–Trinajstić information content (AvgIpc) is 3.09. The smallest absolute Gasteiger partial charge is 0.181 e. The molecule has 4 rings (SSSR count). The van der Waals surface area contributed by atoms with Crippen molar-refractivity contribution >= 4 is 0 Å². The summed E-state index contributed by atoms with van der Waals surface area (Å²) in [4.78, 5) is 6.70. The van der Waals surface area contributed by atoms with Gasteiger partial charge in [0.1, 0.15) is 12.4 Å². The van der Waals surface area contributed by atoms with Crippen LogP contribution in [0.2, 0.25) is 0 Å². The van der Waals surface area contributed by atoms with Gasteiger partial charge in [0.2, 0.25) is 0 Å². The highest BCUT2D eigenvalue weighted by molar-refractivity contribution is 5.28. The third-order valence-corrected chi connectivity index (χ3v) is 4.73. The SMILES string of the molecule is c1ccc(COc2cccc(CN3CCCC4(C3)OCCO4)c2)nc1. The standard InChI is InChI=1S/C20H24N2O3/c1-2-9-21-18(6-1)15-23-19-7-3-5-17(13-19)14-22-10-4-8-20(16-22)24-11-12-25-20/h1-3,5-7,9,13H,4,8,10-12,14-16H2. The summed E-state index contributed by atoms with van der Waals surface area (Å²) in [6.07, 6.45) is 3.89. The zero-order chi connectivity index (χ0) is 17.0. The lowest BCUT2D eigenvalue weighted by Gasteiger charge is -2.38. The monoisotopic (exact) mass is 340 g/mol. The summed E-state index contributed by atoms with van der Waals surface area (Å²) in [6.45, 7) is 4.71. The van der Waals surface area contributed by atoms with Crippen LogP contribution in [0.5, 0.6) is 5.75 Å². The Morgan fingerprint density at radius 1 is 1.12 bits per heavy atom. The number of benzene rings is 1. The summed E-state index contributed by atoms with van der Waals surface area (Å²) in [5.41, 5.74) is 2.18. The van der Waals surface area contributed by atoms with Crippen molar-refractivity contribution < 1.29 is 14.2 Å². The molecule has 2 saturated heterocycles. The van der Waals surface area contributed by atoms with Crippen molar-refractivity contribution in [3.05, 3.63) is 59.9 Å². The van der Waals surface area contributed by atoms with E-state index in [0.29, 0.717) is 19.8 Å². The Balaban J connectivity index is 1.36. The first kappa shape index (κ1) is 16.5. The van der Waals surface area contributed by atoms with E-state index < -0.39 is 0 Å². The van der Waals surface area contributed by atoms with Gasteiger partial charge in [-0.3, -0.25) is 9.88 Å². The van der Waals surface area contributed by atoms with Gasteiger partial charge in [0, 0.05) is 19.2 Å². The highest BCUT2D eigenvalue weighted by Gasteiger charge is 2.40. The maximum Gasteiger partial charge on any atom is 0.181 e. The normalized spacial score (nSPS) is 20.0. The lowest BCUT2D eigenvalue weighted by Crippen LogP contribution is -2.48. The molecule has 0 aliphatic carbocycles. The first-order valence-corrected chi connectivity index (χ1v) is 8.93. The zero-order valence-corrected chi connectivity index (χ0v) is 14.4. The highest BCUT2D eigenvalue weighted by atomic mass is 16.7. The molecule has 0 bridgehead atoms. The Bertz CT molecular complexity index is 686. The van der Waals surface area contributed by atoms with Crippen molar-refractivity contribution in [2.24, 2.45) is 0 Å². The van der Waals surface area contributed by atoms with Crippen LogP contribution in [0.25, 0.3) is 0 Å². The van der Waals surface area contributed by atoms with Gasteiger partial charge in [-0.1, -0.05) is 18.2 Å². The number of aromatic nitrogens is 1. The molecule has 0 saturated carbocycles. The lowest BCUT2D eigenvalue weighted by atomic mass is 10.0. The number of hydrogen-bond donors (Lipinski definition) is 0. The fourth-order valence-corrected chi connectivity index (χ4v) is 3.57. The first-order valence-electron chi connectivity index (χ1n) is 8.93. The zero-order valence-electron chi connectivity index (χ0n) is 14.4. The molecule has 0 unspecified atom stereocenters. The van der Waals surface area contributed by atoms with E-state index in [1.807, 2.05) is 30.3 Å². The molecule has 2 aliphatic heterocycles. The van der Waals surface area contributed by atoms with Crippen LogP contribution in [0.1, 0.15) is 24.1 Å². The van der Waals surface area contributed by atoms with E-state index in [1.54, 1.807) is 6.20 Å². The number of ether oxygens (including phenoxy) is 3. The van der Waals surface area contributed by atoms with E-state index in [2.05, 4.69) is 22.0 Å². The Morgan fingerprint density at radius 2 is 2.04 bits per heavy atom. The molecule has 2 aromatic rings. The molecule has 132 valence electrons. The van der Waals surface area contributed by atoms with Crippen LogP contribution < -0.4 is 4.74 Å². The van der Waals surface area contributed by atoms with Crippen molar-refractivity contribution in [2.45, 2.75) is 31.8 Å². The maximum atomic E-state index is 5.88. The van der Waals surface area contributed by atoms with Crippen molar-refractivity contribution in [3.8, 4) is 5.75 Å². The molecule has 1 spiro atoms. The second kappa shape index (κ2) is 7.52. The minimum Gasteiger partial charge on any atom is -0.487 e. The Kier molecular flexibility index (Phi) is 4.97. The van der Waals surface area contributed by atoms with Gasteiger partial charge in [-0.2, -0.15) is 0 Å². The first-order chi connectivity index (χ1) is 12.3. The van der Waals surface area contributed by atoms with Crippen molar-refractivity contribution in [2.75, 3.05) is 26.3 Å². The van der Waals surface area contributed by atoms with Crippen molar-refractivity contribution in [3.63, 3.8) is 0 Å². The average molecular weight is 340 g/mol. The molecule has 0 amide bonds. The number of pyridine rings is 1. The second-order valence-electron chi connectivity index (χ2n) is 6.68. The molecule has 1 aromatic heterocycles. The molecular formula is C20H24N2O3. The Labute approximate surface area is 148 Å². The van der Waals surface area contributed by atoms with Gasteiger partial charge < -0.3 is 14.2 Å². The summed E-state index contributed by atoms with van der Waals surface area (Å²) >= 11 is 0. The molecule has 25 heavy (non-hydrogen) atoms. The Hall–Kier alpha value is -1.95. The quantitative estimate of drug-likeness (QED) is 0.837. The van der Waals surface area contributed by atoms with Crippen molar-refractivity contribution in [1.29, 1.82) is 0 Å². The van der Waals surface area contributed by atoms with E-state index in [4.69, 9.17) is 14.2 Å². The third kappa shape index (κ3) is 4.18. The van der Waals surface area contributed by atoms with Crippen LogP contribution in [0.3, 0.4) is 0 Å². The lowest BCUT2D eigenvalue weighted by molar-refractivity contribution is -0.190. The molecule has 0 N–H and O–H groups in total. The highest BCUT2D eigenvalue weighted by Crippen LogP contribution is 2.31. The van der Waals surface area contributed by atoms with Gasteiger partial charge in [-0.25, -0.2) is 0 Å². The van der Waals surface area contributed by atoms with Gasteiger partial charge in [-0.15, -0.1) is 0 Å². The van der Waals surface area contributed by atoms with E-state index in [9.17, 15) is 0 Å². The topological polar surface area (TPSA) is 43.8 Å². The van der Waals surface area contributed by atoms with Gasteiger partial charge in [0.15, 0.2) is 5.79 Å². The summed E-state index contributed by atoms with van der Waals surface area (Å²) in [5.74, 6) is 0.508. The minimum absolute atomic E-state index is 0.370. The van der Waals surface area contributed by atoms with E-state index >= 15 is 0 Å². The van der Waals surface area contributed by atoms with E-state index in [1.165, 1.54) is 5.56 Å². The van der Waals surface area contributed by atoms with Crippen molar-refractivity contribution in [1.82, 2.24) is 9.88 Å². The number of nitrogens with zero attached hydrogens (tertiary/aromatic N) is 2. The molecule has 5 heteroatoms. The number of rotatable bonds is 5. The van der Waals surface area contributed by atoms with Crippen LogP contribution in [0.15, 0.2) is 48.7 Å². The fourth-order valence-electron chi connectivity index (χ4n) is 3.57. The molecule has 2 aliphatic rings. The number of piperidine rings is 1. The second-order valence-corrected chi connectivity index (χ2v) is 6.68. The summed E-state index contributed by atoms with van der Waals surface area (Å²) < 4.78 is 17.6. The van der Waals surface area contributed by atoms with Gasteiger partial charge in [0.25, 0.3) is 0 Å². The van der Waals surface area contributed by atoms with Crippen LogP contribution in [-0.4, -0.2) is 42.0 Å². The minimum atomic E-state index is -0.370. The molecule has 3 heterocycles. The molecule has 0 radical (unpaired) electrons. The number of hydrogen-bond acceptors (Lipinski definition) is 5. The molecule has 5 nitrogen and oxygen atoms in total. The van der Waals surface area contributed by atoms with Gasteiger partial charge in [-0.05, 0) is 42.8 Å². The fraction of sp³-hybridized carbons (Fsp3) is 0.450. The summed E-state index contributed by atoms with van der Waals surface area (Å²) in [5, 5.41) is 0. The summed E-state index contributed by atoms with van der Waals surface area (Å²) in [7, 11) is 0. The van der Waals surface area contributed by atoms with Crippen LogP contribution in [-0.2, 0) is 22.6 Å². The van der Waals surface area contributed by atoms with Crippen LogP contribution >= 0.6 is 0 Å². The molecule has 0 atom stereocenters. The molecule has 2 fully saturated rings. The van der Waals surface area contributed by atoms with Crippen LogP contribution in [0.4, 0.5) is 0 Å².